The average molecular weight is 444 g/mol. The maximum absolute atomic E-state index is 13.1. The zero-order valence-electron chi connectivity index (χ0n) is 14.3. The maximum atomic E-state index is 13.1. The number of nitrogens with zero attached hydrogens (tertiary/aromatic N) is 3. The number of anilines is 2. The molecule has 1 amide bonds. The molecule has 6 nitrogen and oxygen atoms in total. The average Bonchev–Trinajstić information content (AvgIpc) is 3.04. The Labute approximate surface area is 159 Å². The van der Waals surface area contributed by atoms with Crippen molar-refractivity contribution in [1.29, 1.82) is 0 Å². The molecule has 1 aromatic heterocycles. The number of aryl methyl sites for hydroxylation is 1. The van der Waals surface area contributed by atoms with Crippen molar-refractivity contribution < 1.29 is 13.2 Å². The third-order valence-electron chi connectivity index (χ3n) is 4.22. The number of amides is 1. The Morgan fingerprint density at radius 1 is 1.44 bits per heavy atom. The van der Waals surface area contributed by atoms with E-state index in [2.05, 4.69) is 20.9 Å². The van der Waals surface area contributed by atoms with Crippen LogP contribution in [0.3, 0.4) is 0 Å². The van der Waals surface area contributed by atoms with Gasteiger partial charge in [0.1, 0.15) is 4.88 Å². The Kier molecular flexibility index (Phi) is 4.67. The maximum Gasteiger partial charge on any atom is 0.270 e. The second-order valence-electron chi connectivity index (χ2n) is 6.14. The Hall–Kier alpha value is -1.45. The molecular formula is C16H18BrN3O3S2. The van der Waals surface area contributed by atoms with Crippen LogP contribution in [0, 0.1) is 6.92 Å². The van der Waals surface area contributed by atoms with Gasteiger partial charge in [-0.3, -0.25) is 4.79 Å². The van der Waals surface area contributed by atoms with Crippen LogP contribution in [0.1, 0.15) is 27.9 Å². The number of rotatable bonds is 3. The van der Waals surface area contributed by atoms with Crippen LogP contribution in [0.4, 0.5) is 10.8 Å². The van der Waals surface area contributed by atoms with Crippen molar-refractivity contribution in [3.8, 4) is 0 Å². The minimum atomic E-state index is -3.42. The van der Waals surface area contributed by atoms with E-state index in [-0.39, 0.29) is 11.9 Å². The van der Waals surface area contributed by atoms with Crippen molar-refractivity contribution in [2.75, 3.05) is 22.5 Å². The highest BCUT2D eigenvalue weighted by Gasteiger charge is 2.34. The molecule has 9 heteroatoms. The summed E-state index contributed by atoms with van der Waals surface area (Å²) in [4.78, 5) is 19.6. The quantitative estimate of drug-likeness (QED) is 0.729. The molecule has 134 valence electrons. The van der Waals surface area contributed by atoms with Gasteiger partial charge in [0.15, 0.2) is 5.13 Å². The van der Waals surface area contributed by atoms with Gasteiger partial charge in [0.25, 0.3) is 5.91 Å². The normalized spacial score (nSPS) is 16.8. The molecule has 0 bridgehead atoms. The van der Waals surface area contributed by atoms with Crippen LogP contribution in [0.2, 0.25) is 0 Å². The Morgan fingerprint density at radius 2 is 2.12 bits per heavy atom. The molecule has 1 aliphatic rings. The fraction of sp³-hybridized carbons (Fsp3) is 0.375. The van der Waals surface area contributed by atoms with Gasteiger partial charge >= 0.3 is 0 Å². The summed E-state index contributed by atoms with van der Waals surface area (Å²) in [5.74, 6) is -0.142. The third-order valence-corrected chi connectivity index (χ3v) is 7.22. The summed E-state index contributed by atoms with van der Waals surface area (Å²) in [5.41, 5.74) is 2.55. The van der Waals surface area contributed by atoms with Crippen LogP contribution in [0.25, 0.3) is 0 Å². The largest absolute Gasteiger partial charge is 0.304 e. The summed E-state index contributed by atoms with van der Waals surface area (Å²) < 4.78 is 25.5. The minimum absolute atomic E-state index is 0.0365. The van der Waals surface area contributed by atoms with E-state index >= 15 is 0 Å². The number of carbonyl (C=O) groups is 1. The van der Waals surface area contributed by atoms with E-state index in [1.807, 2.05) is 25.1 Å². The smallest absolute Gasteiger partial charge is 0.270 e. The lowest BCUT2D eigenvalue weighted by Crippen LogP contribution is -2.35. The number of hydrogen-bond acceptors (Lipinski definition) is 5. The molecule has 1 aliphatic heterocycles. The first kappa shape index (κ1) is 18.3. The molecule has 3 rings (SSSR count). The number of halogens is 1. The molecule has 1 aromatic carbocycles. The number of fused-ring (bicyclic) bond motifs is 1. The zero-order valence-corrected chi connectivity index (χ0v) is 17.5. The van der Waals surface area contributed by atoms with Gasteiger partial charge in [0.05, 0.1) is 11.9 Å². The number of benzene rings is 1. The Bertz CT molecular complexity index is 956. The zero-order chi connectivity index (χ0) is 18.5. The van der Waals surface area contributed by atoms with Gasteiger partial charge in [-0.15, -0.1) is 0 Å². The van der Waals surface area contributed by atoms with E-state index in [4.69, 9.17) is 0 Å². The lowest BCUT2D eigenvalue weighted by atomic mass is 10.1. The second-order valence-corrected chi connectivity index (χ2v) is 10.0. The van der Waals surface area contributed by atoms with Crippen molar-refractivity contribution in [1.82, 2.24) is 4.98 Å². The highest BCUT2D eigenvalue weighted by atomic mass is 79.9. The van der Waals surface area contributed by atoms with Gasteiger partial charge in [-0.1, -0.05) is 27.3 Å². The number of aromatic nitrogens is 1. The van der Waals surface area contributed by atoms with Crippen molar-refractivity contribution in [2.24, 2.45) is 0 Å². The van der Waals surface area contributed by atoms with Gasteiger partial charge < -0.3 is 4.90 Å². The second kappa shape index (κ2) is 6.37. The van der Waals surface area contributed by atoms with Crippen LogP contribution in [0.15, 0.2) is 22.7 Å². The predicted octanol–water partition coefficient (Wildman–Crippen LogP) is 3.20. The number of carbonyl (C=O) groups excluding carboxylic acids is 1. The topological polar surface area (TPSA) is 70.6 Å². The highest BCUT2D eigenvalue weighted by Crippen LogP contribution is 2.37. The summed E-state index contributed by atoms with van der Waals surface area (Å²) >= 11 is 4.57. The van der Waals surface area contributed by atoms with Gasteiger partial charge in [-0.25, -0.2) is 17.7 Å². The number of sulfonamides is 1. The molecule has 0 spiro atoms. The van der Waals surface area contributed by atoms with Crippen LogP contribution < -0.4 is 9.21 Å². The van der Waals surface area contributed by atoms with Gasteiger partial charge in [0.2, 0.25) is 10.0 Å². The molecule has 0 saturated heterocycles. The van der Waals surface area contributed by atoms with Crippen molar-refractivity contribution in [2.45, 2.75) is 26.3 Å². The first-order chi connectivity index (χ1) is 11.6. The van der Waals surface area contributed by atoms with Crippen molar-refractivity contribution >= 4 is 54.0 Å². The van der Waals surface area contributed by atoms with E-state index in [1.54, 1.807) is 11.8 Å². The summed E-state index contributed by atoms with van der Waals surface area (Å²) in [6.07, 6.45) is 1.90. The summed E-state index contributed by atoms with van der Waals surface area (Å²) in [6.45, 7) is 3.73. The molecule has 1 atom stereocenters. The fourth-order valence-electron chi connectivity index (χ4n) is 2.88. The molecule has 0 saturated carbocycles. The van der Waals surface area contributed by atoms with E-state index in [1.165, 1.54) is 7.05 Å². The van der Waals surface area contributed by atoms with E-state index in [9.17, 15) is 13.2 Å². The summed E-state index contributed by atoms with van der Waals surface area (Å²) in [6, 6.07) is 5.91. The molecule has 0 aliphatic carbocycles. The number of hydrogen-bond donors (Lipinski definition) is 0. The van der Waals surface area contributed by atoms with Crippen LogP contribution in [-0.4, -0.2) is 38.7 Å². The van der Waals surface area contributed by atoms with Crippen LogP contribution in [0.5, 0.6) is 0 Å². The molecule has 2 heterocycles. The molecule has 25 heavy (non-hydrogen) atoms. The van der Waals surface area contributed by atoms with Gasteiger partial charge in [-0.2, -0.15) is 0 Å². The first-order valence-electron chi connectivity index (χ1n) is 7.63. The van der Waals surface area contributed by atoms with E-state index in [0.29, 0.717) is 15.7 Å². The highest BCUT2D eigenvalue weighted by molar-refractivity contribution is 9.10. The minimum Gasteiger partial charge on any atom is -0.304 e. The molecule has 0 N–H and O–H groups in total. The monoisotopic (exact) mass is 443 g/mol. The predicted molar refractivity (Wildman–Crippen MR) is 104 cm³/mol. The fourth-order valence-corrected chi connectivity index (χ4v) is 5.00. The van der Waals surface area contributed by atoms with Crippen LogP contribution >= 0.6 is 27.3 Å². The Balaban J connectivity index is 1.99. The third kappa shape index (κ3) is 3.32. The first-order valence-corrected chi connectivity index (χ1v) is 11.1. The summed E-state index contributed by atoms with van der Waals surface area (Å²) in [7, 11) is -1.98. The Morgan fingerprint density at radius 3 is 2.76 bits per heavy atom. The van der Waals surface area contributed by atoms with Crippen molar-refractivity contribution in [3.63, 3.8) is 0 Å². The summed E-state index contributed by atoms with van der Waals surface area (Å²) in [5, 5.41) is 0.297. The van der Waals surface area contributed by atoms with Crippen molar-refractivity contribution in [3.05, 3.63) is 38.8 Å². The lowest BCUT2D eigenvalue weighted by molar-refractivity contribution is 0.0984. The van der Waals surface area contributed by atoms with Gasteiger partial charge in [0, 0.05) is 23.2 Å². The standard InChI is InChI=1S/C16H18BrN3O3S2/c1-9-7-11-8-12(17)5-6-13(11)20(9)15(21)14-10(2)18-16(24-14)19(3)25(4,22)23/h5-6,8-9H,7H2,1-4H3/t9-/m1/s1. The molecule has 0 unspecified atom stereocenters. The van der Waals surface area contributed by atoms with Crippen LogP contribution in [-0.2, 0) is 16.4 Å². The molecule has 0 fully saturated rings. The lowest BCUT2D eigenvalue weighted by Gasteiger charge is -2.22. The number of thiazole rings is 1. The molecule has 0 radical (unpaired) electrons. The molecule has 2 aromatic rings. The van der Waals surface area contributed by atoms with E-state index < -0.39 is 10.0 Å². The van der Waals surface area contributed by atoms with Gasteiger partial charge in [-0.05, 0) is 44.0 Å². The SMILES string of the molecule is Cc1nc(N(C)S(C)(=O)=O)sc1C(=O)N1c2ccc(Br)cc2C[C@H]1C. The molecular weight excluding hydrogens is 426 g/mol. The van der Waals surface area contributed by atoms with E-state index in [0.717, 1.165) is 44.0 Å².